The Morgan fingerprint density at radius 1 is 1.18 bits per heavy atom. The average Bonchev–Trinajstić information content (AvgIpc) is 3.51. The molecule has 7 heteroatoms. The fourth-order valence-corrected chi connectivity index (χ4v) is 3.01. The van der Waals surface area contributed by atoms with Crippen LogP contribution in [-0.4, -0.2) is 52.5 Å². The zero-order chi connectivity index (χ0) is 19.1. The van der Waals surface area contributed by atoms with Crippen molar-refractivity contribution in [2.75, 3.05) is 46.6 Å². The van der Waals surface area contributed by atoms with E-state index in [1.165, 1.54) is 18.4 Å². The molecule has 0 aromatic heterocycles. The molecular formula is C21H34IN3O3. The molecule has 0 radical (unpaired) electrons. The topological polar surface area (TPSA) is 64.1 Å². The molecule has 1 heterocycles. The van der Waals surface area contributed by atoms with E-state index in [4.69, 9.17) is 14.2 Å². The molecule has 6 nitrogen and oxygen atoms in total. The van der Waals surface area contributed by atoms with Crippen LogP contribution in [-0.2, 0) is 10.2 Å². The standard InChI is InChI=1S/C21H33N3O3.HI/c1-21(2,17-7-8-18-19(13-17)27-12-11-26-18)15-24-20(22-3)23-9-4-10-25-14-16-5-6-16;/h7-8,13,16H,4-6,9-12,14-15H2,1-3H3,(H2,22,23,24);1H. The molecule has 1 saturated carbocycles. The second-order valence-corrected chi connectivity index (χ2v) is 7.97. The van der Waals surface area contributed by atoms with Gasteiger partial charge in [0.15, 0.2) is 17.5 Å². The number of nitrogens with one attached hydrogen (secondary N) is 2. The van der Waals surface area contributed by atoms with Gasteiger partial charge in [-0.2, -0.15) is 0 Å². The molecule has 28 heavy (non-hydrogen) atoms. The second-order valence-electron chi connectivity index (χ2n) is 7.97. The Hall–Kier alpha value is -1.22. The molecule has 1 aliphatic carbocycles. The molecule has 2 aliphatic rings. The van der Waals surface area contributed by atoms with E-state index in [0.29, 0.717) is 13.2 Å². The van der Waals surface area contributed by atoms with Gasteiger partial charge in [-0.1, -0.05) is 19.9 Å². The summed E-state index contributed by atoms with van der Waals surface area (Å²) < 4.78 is 17.0. The third kappa shape index (κ3) is 6.99. The van der Waals surface area contributed by atoms with Crippen molar-refractivity contribution < 1.29 is 14.2 Å². The number of rotatable bonds is 9. The minimum atomic E-state index is -0.0686. The first-order valence-electron chi connectivity index (χ1n) is 10.0. The van der Waals surface area contributed by atoms with Crippen LogP contribution in [0, 0.1) is 5.92 Å². The van der Waals surface area contributed by atoms with E-state index in [9.17, 15) is 0 Å². The summed E-state index contributed by atoms with van der Waals surface area (Å²) in [6.45, 7) is 9.01. The van der Waals surface area contributed by atoms with Crippen molar-refractivity contribution in [1.29, 1.82) is 0 Å². The first kappa shape index (κ1) is 23.1. The number of guanidine groups is 1. The number of hydrogen-bond acceptors (Lipinski definition) is 4. The van der Waals surface area contributed by atoms with Gasteiger partial charge in [0.25, 0.3) is 0 Å². The third-order valence-electron chi connectivity index (χ3n) is 5.05. The smallest absolute Gasteiger partial charge is 0.191 e. The summed E-state index contributed by atoms with van der Waals surface area (Å²) in [5.74, 6) is 3.31. The number of aliphatic imine (C=N–C) groups is 1. The fourth-order valence-electron chi connectivity index (χ4n) is 3.01. The van der Waals surface area contributed by atoms with E-state index >= 15 is 0 Å². The van der Waals surface area contributed by atoms with Gasteiger partial charge in [0.1, 0.15) is 13.2 Å². The van der Waals surface area contributed by atoms with E-state index < -0.39 is 0 Å². The molecule has 0 unspecified atom stereocenters. The summed E-state index contributed by atoms with van der Waals surface area (Å²) in [5.41, 5.74) is 1.14. The Kier molecular flexibility index (Phi) is 9.14. The number of halogens is 1. The zero-order valence-corrected chi connectivity index (χ0v) is 19.6. The Bertz CT molecular complexity index is 648. The monoisotopic (exact) mass is 503 g/mol. The van der Waals surface area contributed by atoms with Gasteiger partial charge in [-0.25, -0.2) is 0 Å². The molecule has 158 valence electrons. The van der Waals surface area contributed by atoms with Crippen molar-refractivity contribution in [3.05, 3.63) is 23.8 Å². The van der Waals surface area contributed by atoms with Crippen LogP contribution in [0.1, 0.15) is 38.7 Å². The molecular weight excluding hydrogens is 469 g/mol. The molecule has 0 saturated heterocycles. The van der Waals surface area contributed by atoms with Gasteiger partial charge in [-0.05, 0) is 42.9 Å². The Labute approximate surface area is 185 Å². The van der Waals surface area contributed by atoms with Gasteiger partial charge in [0, 0.05) is 38.8 Å². The van der Waals surface area contributed by atoms with Crippen LogP contribution in [0.3, 0.4) is 0 Å². The average molecular weight is 503 g/mol. The van der Waals surface area contributed by atoms with Crippen LogP contribution in [0.5, 0.6) is 11.5 Å². The molecule has 1 aromatic carbocycles. The van der Waals surface area contributed by atoms with E-state index in [2.05, 4.69) is 41.6 Å². The van der Waals surface area contributed by atoms with E-state index in [1.807, 2.05) is 6.07 Å². The van der Waals surface area contributed by atoms with Gasteiger partial charge in [0.05, 0.1) is 0 Å². The molecule has 0 amide bonds. The number of ether oxygens (including phenoxy) is 3. The zero-order valence-electron chi connectivity index (χ0n) is 17.3. The van der Waals surface area contributed by atoms with E-state index in [1.54, 1.807) is 7.05 Å². The molecule has 0 atom stereocenters. The van der Waals surface area contributed by atoms with Gasteiger partial charge >= 0.3 is 0 Å². The number of fused-ring (bicyclic) bond motifs is 1. The van der Waals surface area contributed by atoms with Crippen molar-refractivity contribution in [3.63, 3.8) is 0 Å². The van der Waals surface area contributed by atoms with E-state index in [-0.39, 0.29) is 29.4 Å². The predicted octanol–water partition coefficient (Wildman–Crippen LogP) is 3.34. The summed E-state index contributed by atoms with van der Waals surface area (Å²) >= 11 is 0. The number of hydrogen-bond donors (Lipinski definition) is 2. The third-order valence-corrected chi connectivity index (χ3v) is 5.05. The highest BCUT2D eigenvalue weighted by atomic mass is 127. The lowest BCUT2D eigenvalue weighted by Crippen LogP contribution is -2.43. The lowest BCUT2D eigenvalue weighted by Gasteiger charge is -2.28. The lowest BCUT2D eigenvalue weighted by atomic mass is 9.84. The van der Waals surface area contributed by atoms with Crippen molar-refractivity contribution in [2.24, 2.45) is 10.9 Å². The first-order chi connectivity index (χ1) is 13.1. The summed E-state index contributed by atoms with van der Waals surface area (Å²) in [4.78, 5) is 4.32. The van der Waals surface area contributed by atoms with Gasteiger partial charge in [0.2, 0.25) is 0 Å². The normalized spacial score (nSPS) is 16.3. The van der Waals surface area contributed by atoms with Crippen LogP contribution in [0.15, 0.2) is 23.2 Å². The van der Waals surface area contributed by atoms with Gasteiger partial charge in [-0.15, -0.1) is 24.0 Å². The Morgan fingerprint density at radius 3 is 2.64 bits per heavy atom. The highest BCUT2D eigenvalue weighted by molar-refractivity contribution is 14.0. The maximum absolute atomic E-state index is 5.72. The van der Waals surface area contributed by atoms with Crippen molar-refractivity contribution in [3.8, 4) is 11.5 Å². The first-order valence-corrected chi connectivity index (χ1v) is 10.0. The summed E-state index contributed by atoms with van der Waals surface area (Å²) in [5, 5.41) is 6.79. The maximum atomic E-state index is 5.72. The maximum Gasteiger partial charge on any atom is 0.191 e. The molecule has 0 bridgehead atoms. The predicted molar refractivity (Wildman–Crippen MR) is 123 cm³/mol. The minimum Gasteiger partial charge on any atom is -0.486 e. The number of benzene rings is 1. The molecule has 1 fully saturated rings. The lowest BCUT2D eigenvalue weighted by molar-refractivity contribution is 0.123. The Balaban J connectivity index is 0.00000280. The summed E-state index contributed by atoms with van der Waals surface area (Å²) in [6, 6.07) is 6.20. The SMILES string of the molecule is CN=C(NCCCOCC1CC1)NCC(C)(C)c1ccc2c(c1)OCCO2.I. The van der Waals surface area contributed by atoms with Crippen molar-refractivity contribution in [1.82, 2.24) is 10.6 Å². The molecule has 0 spiro atoms. The molecule has 1 aromatic rings. The van der Waals surface area contributed by atoms with Crippen LogP contribution < -0.4 is 20.1 Å². The highest BCUT2D eigenvalue weighted by Crippen LogP contribution is 2.34. The van der Waals surface area contributed by atoms with Crippen molar-refractivity contribution >= 4 is 29.9 Å². The van der Waals surface area contributed by atoms with Crippen molar-refractivity contribution in [2.45, 2.75) is 38.5 Å². The summed E-state index contributed by atoms with van der Waals surface area (Å²) in [6.07, 6.45) is 3.67. The molecule has 3 rings (SSSR count). The number of nitrogens with zero attached hydrogens (tertiary/aromatic N) is 1. The van der Waals surface area contributed by atoms with Gasteiger partial charge in [-0.3, -0.25) is 4.99 Å². The quantitative estimate of drug-likeness (QED) is 0.234. The molecule has 1 aliphatic heterocycles. The van der Waals surface area contributed by atoms with Crippen LogP contribution in [0.25, 0.3) is 0 Å². The van der Waals surface area contributed by atoms with Crippen LogP contribution in [0.4, 0.5) is 0 Å². The molecule has 2 N–H and O–H groups in total. The second kappa shape index (κ2) is 11.1. The van der Waals surface area contributed by atoms with E-state index in [0.717, 1.165) is 56.1 Å². The van der Waals surface area contributed by atoms with Gasteiger partial charge < -0.3 is 24.8 Å². The minimum absolute atomic E-state index is 0. The summed E-state index contributed by atoms with van der Waals surface area (Å²) in [7, 11) is 1.80. The van der Waals surface area contributed by atoms with Crippen LogP contribution >= 0.6 is 24.0 Å². The van der Waals surface area contributed by atoms with Crippen LogP contribution in [0.2, 0.25) is 0 Å². The highest BCUT2D eigenvalue weighted by Gasteiger charge is 2.24. The fraction of sp³-hybridized carbons (Fsp3) is 0.667. The largest absolute Gasteiger partial charge is 0.486 e. The Morgan fingerprint density at radius 2 is 1.93 bits per heavy atom.